The van der Waals surface area contributed by atoms with Crippen molar-refractivity contribution < 1.29 is 5.11 Å². The molecule has 3 N–H and O–H groups in total. The van der Waals surface area contributed by atoms with Crippen molar-refractivity contribution in [3.05, 3.63) is 0 Å². The van der Waals surface area contributed by atoms with Crippen LogP contribution in [-0.4, -0.2) is 52.3 Å². The molecule has 2 saturated heterocycles. The van der Waals surface area contributed by atoms with Gasteiger partial charge in [0.25, 0.3) is 0 Å². The monoisotopic (exact) mass is 278 g/mol. The van der Waals surface area contributed by atoms with E-state index in [1.807, 2.05) is 4.90 Å². The van der Waals surface area contributed by atoms with Crippen molar-refractivity contribution in [3.8, 4) is 0 Å². The molecule has 2 aliphatic rings. The van der Waals surface area contributed by atoms with Crippen LogP contribution in [0.2, 0.25) is 0 Å². The highest BCUT2D eigenvalue weighted by Crippen LogP contribution is 2.23. The lowest BCUT2D eigenvalue weighted by molar-refractivity contribution is 0.102. The summed E-state index contributed by atoms with van der Waals surface area (Å²) in [5, 5.41) is 10.0. The van der Waals surface area contributed by atoms with Crippen molar-refractivity contribution in [1.29, 1.82) is 0 Å². The highest BCUT2D eigenvalue weighted by atomic mass is 16.3. The molecule has 2 unspecified atom stereocenters. The summed E-state index contributed by atoms with van der Waals surface area (Å²) in [6, 6.07) is 0. The Kier molecular flexibility index (Phi) is 3.60. The van der Waals surface area contributed by atoms with Crippen LogP contribution in [0.4, 0.5) is 17.8 Å². The van der Waals surface area contributed by atoms with E-state index in [0.717, 1.165) is 26.1 Å². The number of β-amino-alcohol motifs (C(OH)–C–C–N with tert-alkyl or cyclic N) is 1. The number of rotatable bonds is 2. The van der Waals surface area contributed by atoms with Gasteiger partial charge in [0.1, 0.15) is 0 Å². The topological polar surface area (TPSA) is 91.4 Å². The van der Waals surface area contributed by atoms with Crippen molar-refractivity contribution in [2.75, 3.05) is 41.7 Å². The molecule has 7 nitrogen and oxygen atoms in total. The van der Waals surface area contributed by atoms with Crippen LogP contribution in [0.1, 0.15) is 26.2 Å². The first-order chi connectivity index (χ1) is 9.63. The van der Waals surface area contributed by atoms with Crippen molar-refractivity contribution in [3.63, 3.8) is 0 Å². The third-order valence-electron chi connectivity index (χ3n) is 4.22. The predicted molar refractivity (Wildman–Crippen MR) is 77.7 cm³/mol. The van der Waals surface area contributed by atoms with E-state index < -0.39 is 0 Å². The van der Waals surface area contributed by atoms with Crippen LogP contribution in [-0.2, 0) is 0 Å². The lowest BCUT2D eigenvalue weighted by Crippen LogP contribution is -2.44. The molecule has 0 radical (unpaired) electrons. The van der Waals surface area contributed by atoms with Gasteiger partial charge in [-0.15, -0.1) is 0 Å². The fourth-order valence-electron chi connectivity index (χ4n) is 2.80. The molecule has 0 aromatic carbocycles. The quantitative estimate of drug-likeness (QED) is 0.801. The summed E-state index contributed by atoms with van der Waals surface area (Å²) in [7, 11) is 0. The van der Waals surface area contributed by atoms with Gasteiger partial charge in [-0.05, 0) is 25.2 Å². The Morgan fingerprint density at radius 3 is 2.35 bits per heavy atom. The van der Waals surface area contributed by atoms with Gasteiger partial charge in [0, 0.05) is 26.2 Å². The summed E-state index contributed by atoms with van der Waals surface area (Å²) in [6.07, 6.45) is 2.94. The minimum Gasteiger partial charge on any atom is -0.391 e. The van der Waals surface area contributed by atoms with Gasteiger partial charge in [-0.2, -0.15) is 15.0 Å². The third-order valence-corrected chi connectivity index (χ3v) is 4.22. The fraction of sp³-hybridized carbons (Fsp3) is 0.769. The number of nitrogens with zero attached hydrogens (tertiary/aromatic N) is 5. The summed E-state index contributed by atoms with van der Waals surface area (Å²) in [4.78, 5) is 17.2. The Morgan fingerprint density at radius 2 is 1.70 bits per heavy atom. The Balaban J connectivity index is 1.82. The molecule has 3 rings (SSSR count). The van der Waals surface area contributed by atoms with E-state index in [-0.39, 0.29) is 12.1 Å². The average Bonchev–Trinajstić information content (AvgIpc) is 2.95. The van der Waals surface area contributed by atoms with Crippen molar-refractivity contribution in [2.45, 2.75) is 32.3 Å². The molecule has 2 atom stereocenters. The summed E-state index contributed by atoms with van der Waals surface area (Å²) >= 11 is 0. The minimum atomic E-state index is -0.336. The molecule has 3 heterocycles. The molecule has 7 heteroatoms. The van der Waals surface area contributed by atoms with Crippen LogP contribution < -0.4 is 15.5 Å². The van der Waals surface area contributed by atoms with Gasteiger partial charge < -0.3 is 20.6 Å². The van der Waals surface area contributed by atoms with E-state index >= 15 is 0 Å². The first kappa shape index (κ1) is 13.4. The van der Waals surface area contributed by atoms with E-state index in [0.29, 0.717) is 24.4 Å². The maximum absolute atomic E-state index is 10.0. The lowest BCUT2D eigenvalue weighted by Gasteiger charge is -2.34. The van der Waals surface area contributed by atoms with Gasteiger partial charge >= 0.3 is 0 Å². The summed E-state index contributed by atoms with van der Waals surface area (Å²) < 4.78 is 0. The van der Waals surface area contributed by atoms with Gasteiger partial charge in [-0.3, -0.25) is 0 Å². The highest BCUT2D eigenvalue weighted by molar-refractivity contribution is 5.44. The van der Waals surface area contributed by atoms with Crippen LogP contribution in [0, 0.1) is 5.92 Å². The zero-order chi connectivity index (χ0) is 14.1. The Labute approximate surface area is 118 Å². The first-order valence-corrected chi connectivity index (χ1v) is 7.33. The summed E-state index contributed by atoms with van der Waals surface area (Å²) in [5.41, 5.74) is 5.82. The molecule has 110 valence electrons. The third kappa shape index (κ3) is 2.63. The van der Waals surface area contributed by atoms with E-state index in [4.69, 9.17) is 5.73 Å². The number of nitrogens with two attached hydrogens (primary N) is 1. The molecular weight excluding hydrogens is 256 g/mol. The number of aliphatic hydroxyl groups excluding tert-OH is 1. The molecule has 2 aliphatic heterocycles. The average molecular weight is 278 g/mol. The summed E-state index contributed by atoms with van der Waals surface area (Å²) in [6.45, 7) is 5.43. The SMILES string of the molecule is CC1CCN(c2nc(N)nc(N3CCCC3)n2)CC1O. The molecule has 0 spiro atoms. The molecule has 1 aromatic heterocycles. The molecule has 0 bridgehead atoms. The molecule has 0 saturated carbocycles. The number of nitrogen functional groups attached to an aromatic ring is 1. The zero-order valence-electron chi connectivity index (χ0n) is 11.9. The van der Waals surface area contributed by atoms with Gasteiger partial charge in [-0.25, -0.2) is 0 Å². The highest BCUT2D eigenvalue weighted by Gasteiger charge is 2.27. The number of anilines is 3. The van der Waals surface area contributed by atoms with Crippen LogP contribution in [0.3, 0.4) is 0 Å². The summed E-state index contributed by atoms with van der Waals surface area (Å²) in [5.74, 6) is 1.83. The number of piperidine rings is 1. The van der Waals surface area contributed by atoms with E-state index in [1.165, 1.54) is 12.8 Å². The van der Waals surface area contributed by atoms with Crippen LogP contribution >= 0.6 is 0 Å². The molecule has 1 aromatic rings. The van der Waals surface area contributed by atoms with Crippen LogP contribution in [0.5, 0.6) is 0 Å². The fourth-order valence-corrected chi connectivity index (χ4v) is 2.80. The van der Waals surface area contributed by atoms with Crippen molar-refractivity contribution in [1.82, 2.24) is 15.0 Å². The molecule has 0 amide bonds. The molecule has 20 heavy (non-hydrogen) atoms. The minimum absolute atomic E-state index is 0.255. The first-order valence-electron chi connectivity index (χ1n) is 7.33. The normalized spacial score (nSPS) is 27.1. The predicted octanol–water partition coefficient (Wildman–Crippen LogP) is 0.261. The van der Waals surface area contributed by atoms with Gasteiger partial charge in [0.15, 0.2) is 0 Å². The Bertz CT molecular complexity index is 476. The Morgan fingerprint density at radius 1 is 1.05 bits per heavy atom. The largest absolute Gasteiger partial charge is 0.391 e. The lowest BCUT2D eigenvalue weighted by atomic mass is 9.96. The molecule has 2 fully saturated rings. The smallest absolute Gasteiger partial charge is 0.232 e. The second kappa shape index (κ2) is 5.40. The van der Waals surface area contributed by atoms with Gasteiger partial charge in [0.05, 0.1) is 6.10 Å². The van der Waals surface area contributed by atoms with Crippen LogP contribution in [0.15, 0.2) is 0 Å². The van der Waals surface area contributed by atoms with Crippen molar-refractivity contribution >= 4 is 17.8 Å². The number of aromatic nitrogens is 3. The maximum Gasteiger partial charge on any atom is 0.232 e. The van der Waals surface area contributed by atoms with Crippen molar-refractivity contribution in [2.24, 2.45) is 5.92 Å². The second-order valence-corrected chi connectivity index (χ2v) is 5.77. The van der Waals surface area contributed by atoms with E-state index in [2.05, 4.69) is 26.8 Å². The van der Waals surface area contributed by atoms with Gasteiger partial charge in [0.2, 0.25) is 17.8 Å². The molecular formula is C13H22N6O. The Hall–Kier alpha value is -1.63. The van der Waals surface area contributed by atoms with E-state index in [1.54, 1.807) is 0 Å². The number of hydrogen-bond donors (Lipinski definition) is 2. The maximum atomic E-state index is 10.0. The number of hydrogen-bond acceptors (Lipinski definition) is 7. The van der Waals surface area contributed by atoms with E-state index in [9.17, 15) is 5.11 Å². The standard InChI is InChI=1S/C13H22N6O/c1-9-4-7-19(8-10(9)20)13-16-11(14)15-12(17-13)18-5-2-3-6-18/h9-10,20H,2-8H2,1H3,(H2,14,15,16,17). The second-order valence-electron chi connectivity index (χ2n) is 5.77. The zero-order valence-corrected chi connectivity index (χ0v) is 11.9. The number of aliphatic hydroxyl groups is 1. The van der Waals surface area contributed by atoms with Gasteiger partial charge in [-0.1, -0.05) is 6.92 Å². The molecule has 0 aliphatic carbocycles. The van der Waals surface area contributed by atoms with Crippen LogP contribution in [0.25, 0.3) is 0 Å².